The predicted molar refractivity (Wildman–Crippen MR) is 79.0 cm³/mol. The fourth-order valence-corrected chi connectivity index (χ4v) is 2.43. The third-order valence-corrected chi connectivity index (χ3v) is 3.88. The van der Waals surface area contributed by atoms with E-state index in [1.165, 1.54) is 0 Å². The van der Waals surface area contributed by atoms with Crippen LogP contribution in [0.4, 0.5) is 5.95 Å². The van der Waals surface area contributed by atoms with Crippen LogP contribution in [0.25, 0.3) is 11.0 Å². The molecule has 20 heavy (non-hydrogen) atoms. The first-order chi connectivity index (χ1) is 9.60. The lowest BCUT2D eigenvalue weighted by molar-refractivity contribution is 0.663. The first kappa shape index (κ1) is 13.2. The maximum absolute atomic E-state index is 6.06. The van der Waals surface area contributed by atoms with Crippen LogP contribution in [0.15, 0.2) is 18.5 Å². The van der Waals surface area contributed by atoms with Crippen molar-refractivity contribution in [3.63, 3.8) is 0 Å². The van der Waals surface area contributed by atoms with E-state index >= 15 is 0 Å². The van der Waals surface area contributed by atoms with Crippen molar-refractivity contribution < 1.29 is 0 Å². The second kappa shape index (κ2) is 4.96. The standard InChI is InChI=1S/C12H12Cl2N6/c1-2-19-6-16-18-11(19)5-20-10-4-8(14)7(13)3-9(10)17-12(20)15/h3-4,6H,2,5H2,1H3,(H2,15,17). The van der Waals surface area contributed by atoms with Crippen LogP contribution in [0.3, 0.4) is 0 Å². The average molecular weight is 311 g/mol. The Balaban J connectivity index is 2.11. The molecule has 2 heterocycles. The highest BCUT2D eigenvalue weighted by Crippen LogP contribution is 2.29. The number of nitrogens with zero attached hydrogens (tertiary/aromatic N) is 5. The third-order valence-electron chi connectivity index (χ3n) is 3.16. The van der Waals surface area contributed by atoms with Gasteiger partial charge in [-0.15, -0.1) is 10.2 Å². The molecule has 8 heteroatoms. The van der Waals surface area contributed by atoms with E-state index in [4.69, 9.17) is 28.9 Å². The Kier molecular flexibility index (Phi) is 3.27. The van der Waals surface area contributed by atoms with Crippen LogP contribution >= 0.6 is 23.2 Å². The summed E-state index contributed by atoms with van der Waals surface area (Å²) in [7, 11) is 0. The number of anilines is 1. The van der Waals surface area contributed by atoms with Crippen molar-refractivity contribution in [3.8, 4) is 0 Å². The lowest BCUT2D eigenvalue weighted by atomic mass is 10.3. The van der Waals surface area contributed by atoms with Gasteiger partial charge in [-0.05, 0) is 19.1 Å². The largest absolute Gasteiger partial charge is 0.369 e. The first-order valence-corrected chi connectivity index (χ1v) is 6.83. The molecule has 0 amide bonds. The Morgan fingerprint density at radius 2 is 2.00 bits per heavy atom. The van der Waals surface area contributed by atoms with Gasteiger partial charge in [-0.3, -0.25) is 0 Å². The molecule has 3 rings (SSSR count). The van der Waals surface area contributed by atoms with E-state index in [9.17, 15) is 0 Å². The molecule has 0 atom stereocenters. The van der Waals surface area contributed by atoms with E-state index in [0.717, 1.165) is 17.9 Å². The minimum atomic E-state index is 0.393. The van der Waals surface area contributed by atoms with E-state index in [1.54, 1.807) is 18.5 Å². The molecule has 6 nitrogen and oxygen atoms in total. The van der Waals surface area contributed by atoms with Crippen molar-refractivity contribution in [1.82, 2.24) is 24.3 Å². The molecule has 0 spiro atoms. The number of aromatic nitrogens is 5. The van der Waals surface area contributed by atoms with E-state index in [1.807, 2.05) is 16.1 Å². The number of aryl methyl sites for hydroxylation is 1. The van der Waals surface area contributed by atoms with Gasteiger partial charge in [0.05, 0.1) is 27.6 Å². The van der Waals surface area contributed by atoms with Gasteiger partial charge in [0.25, 0.3) is 0 Å². The van der Waals surface area contributed by atoms with Gasteiger partial charge in [0, 0.05) is 6.54 Å². The highest BCUT2D eigenvalue weighted by molar-refractivity contribution is 6.42. The second-order valence-corrected chi connectivity index (χ2v) is 5.16. The molecule has 3 aromatic rings. The Morgan fingerprint density at radius 3 is 2.75 bits per heavy atom. The zero-order chi connectivity index (χ0) is 14.3. The molecule has 2 N–H and O–H groups in total. The molecule has 0 aliphatic heterocycles. The van der Waals surface area contributed by atoms with Gasteiger partial charge in [-0.25, -0.2) is 4.98 Å². The topological polar surface area (TPSA) is 74.5 Å². The van der Waals surface area contributed by atoms with Crippen LogP contribution < -0.4 is 5.73 Å². The Labute approximate surface area is 125 Å². The number of halogens is 2. The van der Waals surface area contributed by atoms with Gasteiger partial charge < -0.3 is 14.9 Å². The quantitative estimate of drug-likeness (QED) is 0.807. The minimum absolute atomic E-state index is 0.393. The monoisotopic (exact) mass is 310 g/mol. The fraction of sp³-hybridized carbons (Fsp3) is 0.250. The van der Waals surface area contributed by atoms with Gasteiger partial charge in [0.2, 0.25) is 5.95 Å². The van der Waals surface area contributed by atoms with Crippen LogP contribution in [0.2, 0.25) is 10.0 Å². The molecule has 1 aromatic carbocycles. The van der Waals surface area contributed by atoms with E-state index in [0.29, 0.717) is 28.1 Å². The van der Waals surface area contributed by atoms with Crippen molar-refractivity contribution in [2.24, 2.45) is 0 Å². The number of imidazole rings is 1. The molecule has 0 bridgehead atoms. The normalized spacial score (nSPS) is 11.3. The molecule has 0 radical (unpaired) electrons. The van der Waals surface area contributed by atoms with E-state index in [-0.39, 0.29) is 0 Å². The Bertz CT molecular complexity index is 776. The second-order valence-electron chi connectivity index (χ2n) is 4.34. The summed E-state index contributed by atoms with van der Waals surface area (Å²) in [6.07, 6.45) is 1.69. The summed E-state index contributed by atoms with van der Waals surface area (Å²) in [4.78, 5) is 4.29. The maximum Gasteiger partial charge on any atom is 0.201 e. The van der Waals surface area contributed by atoms with E-state index < -0.39 is 0 Å². The molecular formula is C12H12Cl2N6. The molecule has 0 fully saturated rings. The Morgan fingerprint density at radius 1 is 1.25 bits per heavy atom. The predicted octanol–water partition coefficient (Wildman–Crippen LogP) is 2.58. The van der Waals surface area contributed by atoms with E-state index in [2.05, 4.69) is 15.2 Å². The number of benzene rings is 1. The third kappa shape index (κ3) is 2.10. The van der Waals surface area contributed by atoms with Crippen molar-refractivity contribution in [2.45, 2.75) is 20.0 Å². The zero-order valence-electron chi connectivity index (χ0n) is 10.7. The summed E-state index contributed by atoms with van der Waals surface area (Å²) in [5.74, 6) is 1.20. The van der Waals surface area contributed by atoms with Crippen LogP contribution in [-0.4, -0.2) is 24.3 Å². The summed E-state index contributed by atoms with van der Waals surface area (Å²) < 4.78 is 3.79. The van der Waals surface area contributed by atoms with Gasteiger partial charge in [0.1, 0.15) is 6.33 Å². The SMILES string of the molecule is CCn1cnnc1Cn1c(N)nc2cc(Cl)c(Cl)cc21. The van der Waals surface area contributed by atoms with Gasteiger partial charge in [-0.1, -0.05) is 23.2 Å². The first-order valence-electron chi connectivity index (χ1n) is 6.07. The van der Waals surface area contributed by atoms with Crippen molar-refractivity contribution in [2.75, 3.05) is 5.73 Å². The molecule has 0 aliphatic carbocycles. The summed E-state index contributed by atoms with van der Waals surface area (Å²) in [5.41, 5.74) is 7.50. The number of hydrogen-bond acceptors (Lipinski definition) is 4. The average Bonchev–Trinajstić information content (AvgIpc) is 2.97. The van der Waals surface area contributed by atoms with Gasteiger partial charge in [-0.2, -0.15) is 0 Å². The number of nitrogens with two attached hydrogens (primary N) is 1. The Hall–Kier alpha value is -1.79. The molecule has 104 valence electrons. The lowest BCUT2D eigenvalue weighted by Gasteiger charge is -2.07. The minimum Gasteiger partial charge on any atom is -0.369 e. The molecule has 0 unspecified atom stereocenters. The molecule has 0 aliphatic rings. The highest BCUT2D eigenvalue weighted by Gasteiger charge is 2.13. The van der Waals surface area contributed by atoms with Crippen LogP contribution in [0.5, 0.6) is 0 Å². The summed E-state index contributed by atoms with van der Waals surface area (Å²) in [6.45, 7) is 3.30. The van der Waals surface area contributed by atoms with Crippen LogP contribution in [-0.2, 0) is 13.1 Å². The summed E-state index contributed by atoms with van der Waals surface area (Å²) in [5, 5.41) is 8.93. The summed E-state index contributed by atoms with van der Waals surface area (Å²) in [6, 6.07) is 3.46. The maximum atomic E-state index is 6.06. The van der Waals surface area contributed by atoms with Crippen molar-refractivity contribution >= 4 is 40.2 Å². The highest BCUT2D eigenvalue weighted by atomic mass is 35.5. The zero-order valence-corrected chi connectivity index (χ0v) is 12.2. The number of nitrogen functional groups attached to an aromatic ring is 1. The van der Waals surface area contributed by atoms with Crippen LogP contribution in [0, 0.1) is 0 Å². The molecule has 2 aromatic heterocycles. The molecule has 0 saturated carbocycles. The van der Waals surface area contributed by atoms with Gasteiger partial charge >= 0.3 is 0 Å². The fourth-order valence-electron chi connectivity index (χ4n) is 2.11. The van der Waals surface area contributed by atoms with Crippen molar-refractivity contribution in [3.05, 3.63) is 34.3 Å². The molecule has 0 saturated heterocycles. The lowest BCUT2D eigenvalue weighted by Crippen LogP contribution is -2.10. The van der Waals surface area contributed by atoms with Crippen LogP contribution in [0.1, 0.15) is 12.7 Å². The van der Waals surface area contributed by atoms with Crippen molar-refractivity contribution in [1.29, 1.82) is 0 Å². The summed E-state index contributed by atoms with van der Waals surface area (Å²) >= 11 is 12.1. The molecular weight excluding hydrogens is 299 g/mol. The number of hydrogen-bond donors (Lipinski definition) is 1. The van der Waals surface area contributed by atoms with Gasteiger partial charge in [0.15, 0.2) is 5.82 Å². The number of rotatable bonds is 3. The number of fused-ring (bicyclic) bond motifs is 1. The smallest absolute Gasteiger partial charge is 0.201 e.